The van der Waals surface area contributed by atoms with Crippen LogP contribution in [0.1, 0.15) is 19.8 Å². The zero-order valence-corrected chi connectivity index (χ0v) is 7.31. The topological polar surface area (TPSA) is 29.1 Å². The maximum atomic E-state index is 11.0. The van der Waals surface area contributed by atoms with E-state index in [0.29, 0.717) is 6.42 Å². The Labute approximate surface area is 72.7 Å². The molecule has 0 aromatic rings. The molecule has 12 heavy (non-hydrogen) atoms. The molecule has 0 aromatic carbocycles. The molecule has 1 N–H and O–H groups in total. The summed E-state index contributed by atoms with van der Waals surface area (Å²) in [6.45, 7) is 9.49. The zero-order valence-electron chi connectivity index (χ0n) is 7.31. The normalized spacial score (nSPS) is 20.9. The van der Waals surface area contributed by atoms with Crippen molar-refractivity contribution in [1.29, 1.82) is 0 Å². The van der Waals surface area contributed by atoms with E-state index in [1.807, 2.05) is 13.0 Å². The van der Waals surface area contributed by atoms with Crippen LogP contribution in [0.25, 0.3) is 0 Å². The molecule has 0 radical (unpaired) electrons. The second-order valence-corrected chi connectivity index (χ2v) is 3.06. The molecular weight excluding hydrogens is 150 g/mol. The molecule has 1 rings (SSSR count). The van der Waals surface area contributed by atoms with E-state index in [0.717, 1.165) is 23.3 Å². The summed E-state index contributed by atoms with van der Waals surface area (Å²) in [5.74, 6) is 0.0647. The first kappa shape index (κ1) is 8.78. The van der Waals surface area contributed by atoms with Gasteiger partial charge in [-0.15, -0.1) is 0 Å². The van der Waals surface area contributed by atoms with Gasteiger partial charge < -0.3 is 5.32 Å². The fraction of sp³-hybridized carbons (Fsp3) is 0.300. The molecule has 0 aromatic heterocycles. The van der Waals surface area contributed by atoms with Crippen molar-refractivity contribution in [2.24, 2.45) is 0 Å². The van der Waals surface area contributed by atoms with Gasteiger partial charge in [0, 0.05) is 12.1 Å². The van der Waals surface area contributed by atoms with Crippen LogP contribution in [-0.4, -0.2) is 5.91 Å². The van der Waals surface area contributed by atoms with Crippen LogP contribution in [0.2, 0.25) is 0 Å². The molecule has 1 heterocycles. The second kappa shape index (κ2) is 3.39. The minimum atomic E-state index is 0.0647. The molecule has 0 spiro atoms. The summed E-state index contributed by atoms with van der Waals surface area (Å²) in [7, 11) is 0. The van der Waals surface area contributed by atoms with Gasteiger partial charge in [-0.25, -0.2) is 0 Å². The van der Waals surface area contributed by atoms with Crippen molar-refractivity contribution in [2.75, 3.05) is 0 Å². The molecule has 1 aliphatic heterocycles. The summed E-state index contributed by atoms with van der Waals surface area (Å²) in [5, 5.41) is 2.76. The predicted molar refractivity (Wildman–Crippen MR) is 49.4 cm³/mol. The Morgan fingerprint density at radius 3 is 2.83 bits per heavy atom. The molecule has 64 valence electrons. The lowest BCUT2D eigenvalue weighted by atomic mass is 10.0. The third kappa shape index (κ3) is 2.09. The van der Waals surface area contributed by atoms with Crippen LogP contribution in [0.3, 0.4) is 0 Å². The van der Waals surface area contributed by atoms with Gasteiger partial charge in [0.1, 0.15) is 0 Å². The van der Waals surface area contributed by atoms with Crippen molar-refractivity contribution in [3.05, 3.63) is 36.1 Å². The van der Waals surface area contributed by atoms with E-state index in [-0.39, 0.29) is 5.91 Å². The van der Waals surface area contributed by atoms with Gasteiger partial charge in [-0.2, -0.15) is 0 Å². The number of hydrogen-bond donors (Lipinski definition) is 1. The highest BCUT2D eigenvalue weighted by molar-refractivity contribution is 5.81. The Bertz CT molecular complexity index is 274. The SMILES string of the molecule is C=C(C)/C=C1/NC(=O)CCC1=C. The highest BCUT2D eigenvalue weighted by Crippen LogP contribution is 2.17. The van der Waals surface area contributed by atoms with Gasteiger partial charge in [-0.1, -0.05) is 18.7 Å². The summed E-state index contributed by atoms with van der Waals surface area (Å²) in [6.07, 6.45) is 3.15. The third-order valence-corrected chi connectivity index (χ3v) is 1.70. The maximum absolute atomic E-state index is 11.0. The number of amides is 1. The number of piperidine rings is 1. The van der Waals surface area contributed by atoms with Crippen molar-refractivity contribution in [3.8, 4) is 0 Å². The highest BCUT2D eigenvalue weighted by Gasteiger charge is 2.14. The predicted octanol–water partition coefficient (Wildman–Crippen LogP) is 1.91. The van der Waals surface area contributed by atoms with Crippen molar-refractivity contribution < 1.29 is 4.79 Å². The number of rotatable bonds is 1. The fourth-order valence-electron chi connectivity index (χ4n) is 1.08. The first-order valence-corrected chi connectivity index (χ1v) is 3.95. The van der Waals surface area contributed by atoms with Crippen molar-refractivity contribution in [2.45, 2.75) is 19.8 Å². The molecule has 2 nitrogen and oxygen atoms in total. The van der Waals surface area contributed by atoms with Crippen LogP contribution in [0.15, 0.2) is 36.1 Å². The number of hydrogen-bond acceptors (Lipinski definition) is 1. The van der Waals surface area contributed by atoms with Crippen LogP contribution in [0.5, 0.6) is 0 Å². The van der Waals surface area contributed by atoms with Crippen LogP contribution in [0, 0.1) is 0 Å². The molecule has 0 atom stereocenters. The van der Waals surface area contributed by atoms with Crippen molar-refractivity contribution in [1.82, 2.24) is 5.32 Å². The quantitative estimate of drug-likeness (QED) is 0.628. The van der Waals surface area contributed by atoms with Crippen molar-refractivity contribution >= 4 is 5.91 Å². The molecule has 0 bridgehead atoms. The monoisotopic (exact) mass is 163 g/mol. The minimum Gasteiger partial charge on any atom is -0.326 e. The van der Waals surface area contributed by atoms with Gasteiger partial charge in [0.15, 0.2) is 0 Å². The maximum Gasteiger partial charge on any atom is 0.224 e. The molecule has 0 saturated carbocycles. The number of carbonyl (C=O) groups excluding carboxylic acids is 1. The van der Waals surface area contributed by atoms with E-state index in [1.165, 1.54) is 0 Å². The largest absolute Gasteiger partial charge is 0.326 e. The van der Waals surface area contributed by atoms with Crippen LogP contribution < -0.4 is 5.32 Å². The molecular formula is C10H13NO. The first-order chi connectivity index (χ1) is 5.59. The summed E-state index contributed by atoms with van der Waals surface area (Å²) in [4.78, 5) is 11.0. The fourth-order valence-corrected chi connectivity index (χ4v) is 1.08. The lowest BCUT2D eigenvalue weighted by Crippen LogP contribution is -2.28. The lowest BCUT2D eigenvalue weighted by molar-refractivity contribution is -0.120. The lowest BCUT2D eigenvalue weighted by Gasteiger charge is -2.17. The minimum absolute atomic E-state index is 0.0647. The second-order valence-electron chi connectivity index (χ2n) is 3.06. The molecule has 2 heteroatoms. The molecule has 1 saturated heterocycles. The smallest absolute Gasteiger partial charge is 0.224 e. The summed E-state index contributed by atoms with van der Waals surface area (Å²) < 4.78 is 0. The molecule has 1 aliphatic rings. The standard InChI is InChI=1S/C10H13NO/c1-7(2)6-9-8(3)4-5-10(12)11-9/h6H,1,3-5H2,2H3,(H,11,12)/b9-6+. The van der Waals surface area contributed by atoms with Crippen LogP contribution >= 0.6 is 0 Å². The average Bonchev–Trinajstić information content (AvgIpc) is 1.96. The van der Waals surface area contributed by atoms with Crippen LogP contribution in [0.4, 0.5) is 0 Å². The summed E-state index contributed by atoms with van der Waals surface area (Å²) >= 11 is 0. The van der Waals surface area contributed by atoms with E-state index >= 15 is 0 Å². The van der Waals surface area contributed by atoms with Gasteiger partial charge in [-0.3, -0.25) is 4.79 Å². The molecule has 0 unspecified atom stereocenters. The van der Waals surface area contributed by atoms with Gasteiger partial charge in [0.2, 0.25) is 5.91 Å². The Hall–Kier alpha value is -1.31. The summed E-state index contributed by atoms with van der Waals surface area (Å²) in [6, 6.07) is 0. The van der Waals surface area contributed by atoms with Crippen molar-refractivity contribution in [3.63, 3.8) is 0 Å². The number of allylic oxidation sites excluding steroid dienone is 3. The van der Waals surface area contributed by atoms with E-state index < -0.39 is 0 Å². The third-order valence-electron chi connectivity index (χ3n) is 1.70. The van der Waals surface area contributed by atoms with E-state index in [2.05, 4.69) is 18.5 Å². The Morgan fingerprint density at radius 2 is 2.25 bits per heavy atom. The van der Waals surface area contributed by atoms with Gasteiger partial charge in [0.25, 0.3) is 0 Å². The Morgan fingerprint density at radius 1 is 1.58 bits per heavy atom. The first-order valence-electron chi connectivity index (χ1n) is 3.95. The van der Waals surface area contributed by atoms with Gasteiger partial charge in [0.05, 0.1) is 0 Å². The number of nitrogens with one attached hydrogen (secondary N) is 1. The van der Waals surface area contributed by atoms with Gasteiger partial charge >= 0.3 is 0 Å². The molecule has 1 fully saturated rings. The Balaban J connectivity index is 2.80. The van der Waals surface area contributed by atoms with E-state index in [9.17, 15) is 4.79 Å². The molecule has 1 amide bonds. The van der Waals surface area contributed by atoms with E-state index in [1.54, 1.807) is 0 Å². The van der Waals surface area contributed by atoms with E-state index in [4.69, 9.17) is 0 Å². The molecule has 0 aliphatic carbocycles. The zero-order chi connectivity index (χ0) is 9.14. The van der Waals surface area contributed by atoms with Crippen LogP contribution in [-0.2, 0) is 4.79 Å². The average molecular weight is 163 g/mol. The Kier molecular flexibility index (Phi) is 2.48. The number of carbonyl (C=O) groups is 1. The van der Waals surface area contributed by atoms with Gasteiger partial charge in [-0.05, 0) is 25.0 Å². The summed E-state index contributed by atoms with van der Waals surface area (Å²) in [5.41, 5.74) is 2.73. The highest BCUT2D eigenvalue weighted by atomic mass is 16.1.